The third kappa shape index (κ3) is 3.03. The monoisotopic (exact) mass is 238 g/mol. The van der Waals surface area contributed by atoms with Crippen molar-refractivity contribution in [1.29, 1.82) is 0 Å². The highest BCUT2D eigenvalue weighted by Gasteiger charge is 2.48. The molecule has 2 saturated heterocycles. The minimum atomic E-state index is 0.772. The predicted octanol–water partition coefficient (Wildman–Crippen LogP) is 2.74. The van der Waals surface area contributed by atoms with Gasteiger partial charge in [0.1, 0.15) is 0 Å². The second kappa shape index (κ2) is 5.71. The van der Waals surface area contributed by atoms with Crippen LogP contribution >= 0.6 is 0 Å². The van der Waals surface area contributed by atoms with Crippen LogP contribution in [-0.2, 0) is 0 Å². The minimum Gasteiger partial charge on any atom is -0.316 e. The molecule has 3 fully saturated rings. The molecular formula is C15H30N2. The van der Waals surface area contributed by atoms with E-state index < -0.39 is 0 Å². The molecule has 2 heteroatoms. The van der Waals surface area contributed by atoms with Crippen molar-refractivity contribution < 1.29 is 0 Å². The van der Waals surface area contributed by atoms with Gasteiger partial charge >= 0.3 is 0 Å². The van der Waals surface area contributed by atoms with Crippen LogP contribution in [0.5, 0.6) is 0 Å². The quantitative estimate of drug-likeness (QED) is 0.796. The summed E-state index contributed by atoms with van der Waals surface area (Å²) < 4.78 is 0. The number of hydrogen-bond acceptors (Lipinski definition) is 2. The van der Waals surface area contributed by atoms with Crippen molar-refractivity contribution in [3.8, 4) is 0 Å². The largest absolute Gasteiger partial charge is 0.316 e. The van der Waals surface area contributed by atoms with Crippen LogP contribution < -0.4 is 5.32 Å². The molecule has 2 aliphatic heterocycles. The summed E-state index contributed by atoms with van der Waals surface area (Å²) in [4.78, 5) is 2.71. The van der Waals surface area contributed by atoms with Crippen molar-refractivity contribution in [3.63, 3.8) is 0 Å². The highest BCUT2D eigenvalue weighted by Crippen LogP contribution is 2.48. The molecule has 0 aromatic heterocycles. The molecular weight excluding hydrogens is 208 g/mol. The van der Waals surface area contributed by atoms with Crippen LogP contribution in [-0.4, -0.2) is 37.6 Å². The Morgan fingerprint density at radius 3 is 2.18 bits per heavy atom. The first-order valence-corrected chi connectivity index (χ1v) is 7.69. The maximum absolute atomic E-state index is 3.42. The molecule has 0 amide bonds. The lowest BCUT2D eigenvalue weighted by atomic mass is 9.58. The van der Waals surface area contributed by atoms with Gasteiger partial charge in [-0.1, -0.05) is 20.8 Å². The van der Waals surface area contributed by atoms with Crippen LogP contribution in [0.3, 0.4) is 0 Å². The first-order valence-electron chi connectivity index (χ1n) is 7.69. The van der Waals surface area contributed by atoms with Crippen molar-refractivity contribution in [3.05, 3.63) is 0 Å². The lowest BCUT2D eigenvalue weighted by molar-refractivity contribution is -0.0193. The van der Waals surface area contributed by atoms with E-state index in [1.165, 1.54) is 58.4 Å². The molecule has 2 heterocycles. The highest BCUT2D eigenvalue weighted by atomic mass is 15.1. The summed E-state index contributed by atoms with van der Waals surface area (Å²) in [5, 5.41) is 3.42. The molecule has 17 heavy (non-hydrogen) atoms. The van der Waals surface area contributed by atoms with Gasteiger partial charge in [0, 0.05) is 19.6 Å². The Hall–Kier alpha value is -0.0800. The lowest BCUT2D eigenvalue weighted by Gasteiger charge is -2.55. The van der Waals surface area contributed by atoms with Gasteiger partial charge in [0.05, 0.1) is 0 Å². The molecule has 0 aromatic rings. The molecule has 1 spiro atoms. The average Bonchev–Trinajstić information content (AvgIpc) is 2.26. The molecule has 1 saturated carbocycles. The Kier molecular flexibility index (Phi) is 4.48. The molecule has 0 radical (unpaired) electrons. The van der Waals surface area contributed by atoms with Crippen LogP contribution in [0, 0.1) is 17.3 Å². The van der Waals surface area contributed by atoms with Crippen LogP contribution in [0.1, 0.15) is 46.5 Å². The Labute approximate surface area is 107 Å². The van der Waals surface area contributed by atoms with E-state index in [0.717, 1.165) is 17.3 Å². The van der Waals surface area contributed by atoms with Gasteiger partial charge in [-0.15, -0.1) is 0 Å². The summed E-state index contributed by atoms with van der Waals surface area (Å²) in [7, 11) is 0. The fourth-order valence-electron chi connectivity index (χ4n) is 3.67. The highest BCUT2D eigenvalue weighted by molar-refractivity contribution is 5.03. The number of piperidine rings is 1. The van der Waals surface area contributed by atoms with Crippen LogP contribution in [0.2, 0.25) is 0 Å². The zero-order valence-corrected chi connectivity index (χ0v) is 12.0. The van der Waals surface area contributed by atoms with Crippen LogP contribution in [0.4, 0.5) is 0 Å². The zero-order valence-electron chi connectivity index (χ0n) is 12.0. The standard InChI is InChI=1S/C13H24N2.C2H6/c1-11-2-4-15(5-3-11)8-12-6-13(7-12)9-14-10-13;1-2/h11-12,14H,2-10H2,1H3;1-2H3. The number of nitrogens with zero attached hydrogens (tertiary/aromatic N) is 1. The van der Waals surface area contributed by atoms with Gasteiger partial charge in [0.25, 0.3) is 0 Å². The molecule has 3 aliphatic rings. The van der Waals surface area contributed by atoms with Gasteiger partial charge in [0.15, 0.2) is 0 Å². The van der Waals surface area contributed by atoms with Crippen molar-refractivity contribution in [2.24, 2.45) is 17.3 Å². The van der Waals surface area contributed by atoms with Crippen molar-refractivity contribution in [2.75, 3.05) is 32.7 Å². The van der Waals surface area contributed by atoms with E-state index in [0.29, 0.717) is 0 Å². The Bertz CT molecular complexity index is 219. The van der Waals surface area contributed by atoms with E-state index in [9.17, 15) is 0 Å². The molecule has 2 nitrogen and oxygen atoms in total. The molecule has 0 aromatic carbocycles. The van der Waals surface area contributed by atoms with Gasteiger partial charge in [0.2, 0.25) is 0 Å². The van der Waals surface area contributed by atoms with Crippen LogP contribution in [0.15, 0.2) is 0 Å². The van der Waals surface area contributed by atoms with E-state index in [4.69, 9.17) is 0 Å². The zero-order chi connectivity index (χ0) is 12.3. The van der Waals surface area contributed by atoms with Gasteiger partial charge < -0.3 is 10.2 Å². The predicted molar refractivity (Wildman–Crippen MR) is 74.2 cm³/mol. The van der Waals surface area contributed by atoms with Gasteiger partial charge in [-0.05, 0) is 56.0 Å². The first kappa shape index (κ1) is 13.4. The number of hydrogen-bond donors (Lipinski definition) is 1. The lowest BCUT2D eigenvalue weighted by Crippen LogP contribution is -2.61. The van der Waals surface area contributed by atoms with Crippen molar-refractivity contribution >= 4 is 0 Å². The normalized spacial score (nSPS) is 29.1. The molecule has 0 unspecified atom stereocenters. The fraction of sp³-hybridized carbons (Fsp3) is 1.00. The van der Waals surface area contributed by atoms with E-state index >= 15 is 0 Å². The first-order chi connectivity index (χ1) is 8.26. The maximum Gasteiger partial charge on any atom is 0.00204 e. The smallest absolute Gasteiger partial charge is 0.00204 e. The Morgan fingerprint density at radius 1 is 1.12 bits per heavy atom. The SMILES string of the molecule is CC.CC1CCN(CC2CC3(CNC3)C2)CC1. The van der Waals surface area contributed by atoms with E-state index in [2.05, 4.69) is 17.1 Å². The van der Waals surface area contributed by atoms with Gasteiger partial charge in [-0.25, -0.2) is 0 Å². The van der Waals surface area contributed by atoms with Crippen molar-refractivity contribution in [1.82, 2.24) is 10.2 Å². The topological polar surface area (TPSA) is 15.3 Å². The van der Waals surface area contributed by atoms with Crippen molar-refractivity contribution in [2.45, 2.75) is 46.5 Å². The summed E-state index contributed by atoms with van der Waals surface area (Å²) in [6.07, 6.45) is 5.87. The Morgan fingerprint density at radius 2 is 1.71 bits per heavy atom. The van der Waals surface area contributed by atoms with Gasteiger partial charge in [-0.2, -0.15) is 0 Å². The molecule has 1 aliphatic carbocycles. The minimum absolute atomic E-state index is 0.772. The third-order valence-electron chi connectivity index (χ3n) is 4.84. The summed E-state index contributed by atoms with van der Waals surface area (Å²) in [5.41, 5.74) is 0.772. The number of nitrogens with one attached hydrogen (secondary N) is 1. The molecule has 3 rings (SSSR count). The fourth-order valence-corrected chi connectivity index (χ4v) is 3.67. The van der Waals surface area contributed by atoms with Crippen LogP contribution in [0.25, 0.3) is 0 Å². The molecule has 0 atom stereocenters. The average molecular weight is 238 g/mol. The Balaban J connectivity index is 0.000000514. The second-order valence-corrected chi connectivity index (χ2v) is 6.36. The summed E-state index contributed by atoms with van der Waals surface area (Å²) in [6, 6.07) is 0. The second-order valence-electron chi connectivity index (χ2n) is 6.36. The number of likely N-dealkylation sites (tertiary alicyclic amines) is 1. The summed E-state index contributed by atoms with van der Waals surface area (Å²) >= 11 is 0. The molecule has 1 N–H and O–H groups in total. The van der Waals surface area contributed by atoms with E-state index in [-0.39, 0.29) is 0 Å². The molecule has 0 bridgehead atoms. The summed E-state index contributed by atoms with van der Waals surface area (Å²) in [6.45, 7) is 13.1. The number of rotatable bonds is 2. The van der Waals surface area contributed by atoms with Gasteiger partial charge in [-0.3, -0.25) is 0 Å². The molecule has 100 valence electrons. The van der Waals surface area contributed by atoms with E-state index in [1.54, 1.807) is 0 Å². The maximum atomic E-state index is 3.42. The third-order valence-corrected chi connectivity index (χ3v) is 4.84. The van der Waals surface area contributed by atoms with E-state index in [1.807, 2.05) is 13.8 Å². The summed E-state index contributed by atoms with van der Waals surface area (Å²) in [5.74, 6) is 2.00.